The molecule has 0 bridgehead atoms. The van der Waals surface area contributed by atoms with Gasteiger partial charge in [0.25, 0.3) is 5.91 Å². The number of amides is 1. The lowest BCUT2D eigenvalue weighted by molar-refractivity contribution is 0.0764. The minimum atomic E-state index is -0.0171. The smallest absolute Gasteiger partial charge is 0.323 e. The van der Waals surface area contributed by atoms with E-state index in [-0.39, 0.29) is 11.9 Å². The first-order valence-electron chi connectivity index (χ1n) is 13.8. The Morgan fingerprint density at radius 2 is 1.55 bits per heavy atom. The van der Waals surface area contributed by atoms with Crippen LogP contribution in [0.15, 0.2) is 78.9 Å². The number of hydrogen-bond donors (Lipinski definition) is 3. The number of benzene rings is 3. The number of nitrogens with zero attached hydrogens (tertiary/aromatic N) is 5. The van der Waals surface area contributed by atoms with Gasteiger partial charge in [-0.2, -0.15) is 15.0 Å². The summed E-state index contributed by atoms with van der Waals surface area (Å²) >= 11 is 6.01. The predicted octanol–water partition coefficient (Wildman–Crippen LogP) is 5.60. The van der Waals surface area contributed by atoms with Gasteiger partial charge in [-0.25, -0.2) is 0 Å². The fraction of sp³-hybridized carbons (Fsp3) is 0.258. The highest BCUT2D eigenvalue weighted by Gasteiger charge is 2.20. The Kier molecular flexibility index (Phi) is 9.45. The highest BCUT2D eigenvalue weighted by Crippen LogP contribution is 2.20. The maximum Gasteiger partial charge on any atom is 0.323 e. The molecule has 0 unspecified atom stereocenters. The molecule has 3 aromatic carbocycles. The molecule has 4 aromatic rings. The minimum Gasteiger partial charge on any atom is -0.458 e. The molecule has 1 aliphatic heterocycles. The van der Waals surface area contributed by atoms with Gasteiger partial charge in [0.05, 0.1) is 5.84 Å². The molecule has 10 nitrogen and oxygen atoms in total. The van der Waals surface area contributed by atoms with Crippen molar-refractivity contribution < 1.29 is 9.53 Å². The molecular formula is C31H33ClN8O2. The molecule has 3 N–H and O–H groups in total. The summed E-state index contributed by atoms with van der Waals surface area (Å²) in [7, 11) is 0. The third-order valence-corrected chi connectivity index (χ3v) is 7.09. The largest absolute Gasteiger partial charge is 0.458 e. The number of amidine groups is 1. The van der Waals surface area contributed by atoms with Gasteiger partial charge in [-0.1, -0.05) is 54.1 Å². The first-order chi connectivity index (χ1) is 20.4. The molecular weight excluding hydrogens is 552 g/mol. The molecule has 1 aromatic heterocycles. The molecule has 11 heteroatoms. The van der Waals surface area contributed by atoms with E-state index in [9.17, 15) is 4.79 Å². The van der Waals surface area contributed by atoms with Crippen molar-refractivity contribution in [3.8, 4) is 6.01 Å². The zero-order chi connectivity index (χ0) is 29.3. The van der Waals surface area contributed by atoms with Crippen molar-refractivity contribution in [2.45, 2.75) is 26.5 Å². The highest BCUT2D eigenvalue weighted by atomic mass is 35.5. The Bertz CT molecular complexity index is 1500. The fourth-order valence-electron chi connectivity index (χ4n) is 4.53. The second kappa shape index (κ2) is 13.8. The van der Waals surface area contributed by atoms with Gasteiger partial charge in [-0.3, -0.25) is 10.2 Å². The van der Waals surface area contributed by atoms with E-state index in [4.69, 9.17) is 21.7 Å². The van der Waals surface area contributed by atoms with Gasteiger partial charge in [-0.05, 0) is 60.9 Å². The molecule has 0 aliphatic carbocycles. The summed E-state index contributed by atoms with van der Waals surface area (Å²) in [4.78, 5) is 30.5. The Labute approximate surface area is 250 Å². The average Bonchev–Trinajstić information content (AvgIpc) is 3.27. The fourth-order valence-corrected chi connectivity index (χ4v) is 4.65. The number of carbonyl (C=O) groups excluding carboxylic acids is 1. The first-order valence-corrected chi connectivity index (χ1v) is 14.2. The molecule has 42 heavy (non-hydrogen) atoms. The average molecular weight is 585 g/mol. The second-order valence-electron chi connectivity index (χ2n) is 9.94. The Balaban J connectivity index is 1.28. The first kappa shape index (κ1) is 28.8. The molecule has 0 spiro atoms. The topological polar surface area (TPSA) is 119 Å². The van der Waals surface area contributed by atoms with Gasteiger partial charge in [-0.15, -0.1) is 0 Å². The van der Waals surface area contributed by atoms with E-state index in [1.807, 2.05) is 76.5 Å². The molecule has 0 atom stereocenters. The Hall–Kier alpha value is -4.70. The van der Waals surface area contributed by atoms with Crippen LogP contribution in [-0.2, 0) is 13.2 Å². The summed E-state index contributed by atoms with van der Waals surface area (Å²) in [6, 6.07) is 24.7. The molecule has 216 valence electrons. The van der Waals surface area contributed by atoms with Gasteiger partial charge in [0.1, 0.15) is 6.61 Å². The number of ether oxygens (including phenoxy) is 1. The van der Waals surface area contributed by atoms with Gasteiger partial charge < -0.3 is 25.2 Å². The van der Waals surface area contributed by atoms with Crippen LogP contribution in [0.25, 0.3) is 0 Å². The van der Waals surface area contributed by atoms with Gasteiger partial charge in [0.15, 0.2) is 0 Å². The van der Waals surface area contributed by atoms with E-state index in [0.29, 0.717) is 61.1 Å². The molecule has 1 amide bonds. The lowest BCUT2D eigenvalue weighted by Gasteiger charge is -2.22. The lowest BCUT2D eigenvalue weighted by atomic mass is 10.1. The maximum atomic E-state index is 13.2. The van der Waals surface area contributed by atoms with Gasteiger partial charge in [0.2, 0.25) is 11.9 Å². The van der Waals surface area contributed by atoms with Crippen molar-refractivity contribution >= 4 is 40.9 Å². The van der Waals surface area contributed by atoms with Crippen LogP contribution in [0, 0.1) is 5.41 Å². The summed E-state index contributed by atoms with van der Waals surface area (Å²) in [6.45, 7) is 5.31. The number of anilines is 3. The van der Waals surface area contributed by atoms with Crippen LogP contribution in [0.1, 0.15) is 34.8 Å². The quantitative estimate of drug-likeness (QED) is 0.172. The molecule has 1 aliphatic rings. The van der Waals surface area contributed by atoms with E-state index in [1.54, 1.807) is 19.1 Å². The summed E-state index contributed by atoms with van der Waals surface area (Å²) < 4.78 is 5.90. The summed E-state index contributed by atoms with van der Waals surface area (Å²) in [5.74, 6) is 1.18. The molecule has 5 rings (SSSR count). The Morgan fingerprint density at radius 3 is 2.29 bits per heavy atom. The molecule has 0 radical (unpaired) electrons. The van der Waals surface area contributed by atoms with E-state index in [1.165, 1.54) is 0 Å². The normalized spacial score (nSPS) is 13.3. The number of hydrogen-bond acceptors (Lipinski definition) is 8. The number of rotatable bonds is 9. The second-order valence-corrected chi connectivity index (χ2v) is 10.4. The molecule has 1 fully saturated rings. The zero-order valence-electron chi connectivity index (χ0n) is 23.4. The van der Waals surface area contributed by atoms with Crippen LogP contribution in [0.3, 0.4) is 0 Å². The Morgan fingerprint density at radius 1 is 0.857 bits per heavy atom. The van der Waals surface area contributed by atoms with Crippen LogP contribution in [0.5, 0.6) is 6.01 Å². The SMILES string of the molecule is CC(=N)N1CCCN(C(=O)c2ccc(Nc3nc(NCc4ccc(Cl)cc4)nc(OCc4ccccc4)n3)cc2)CC1. The van der Waals surface area contributed by atoms with Crippen LogP contribution < -0.4 is 15.4 Å². The van der Waals surface area contributed by atoms with Crippen LogP contribution in [-0.4, -0.2) is 62.7 Å². The van der Waals surface area contributed by atoms with E-state index < -0.39 is 0 Å². The summed E-state index contributed by atoms with van der Waals surface area (Å²) in [6.07, 6.45) is 0.837. The third kappa shape index (κ3) is 7.94. The highest BCUT2D eigenvalue weighted by molar-refractivity contribution is 6.30. The zero-order valence-corrected chi connectivity index (χ0v) is 24.1. The minimum absolute atomic E-state index is 0.0171. The van der Waals surface area contributed by atoms with Crippen molar-refractivity contribution in [1.82, 2.24) is 24.8 Å². The number of halogens is 1. The van der Waals surface area contributed by atoms with Gasteiger partial charge >= 0.3 is 6.01 Å². The van der Waals surface area contributed by atoms with Crippen molar-refractivity contribution in [3.63, 3.8) is 0 Å². The van der Waals surface area contributed by atoms with Crippen LogP contribution in [0.2, 0.25) is 5.02 Å². The van der Waals surface area contributed by atoms with E-state index >= 15 is 0 Å². The maximum absolute atomic E-state index is 13.2. The van der Waals surface area contributed by atoms with Crippen molar-refractivity contribution in [2.24, 2.45) is 0 Å². The molecule has 1 saturated heterocycles. The molecule has 0 saturated carbocycles. The van der Waals surface area contributed by atoms with Crippen LogP contribution in [0.4, 0.5) is 17.6 Å². The van der Waals surface area contributed by atoms with Crippen LogP contribution >= 0.6 is 11.6 Å². The predicted molar refractivity (Wildman–Crippen MR) is 165 cm³/mol. The van der Waals surface area contributed by atoms with E-state index in [2.05, 4.69) is 25.6 Å². The summed E-state index contributed by atoms with van der Waals surface area (Å²) in [5.41, 5.74) is 3.34. The third-order valence-electron chi connectivity index (χ3n) is 6.83. The van der Waals surface area contributed by atoms with E-state index in [0.717, 1.165) is 29.8 Å². The lowest BCUT2D eigenvalue weighted by Crippen LogP contribution is -2.36. The van der Waals surface area contributed by atoms with Crippen molar-refractivity contribution in [1.29, 1.82) is 5.41 Å². The number of nitrogens with one attached hydrogen (secondary N) is 3. The van der Waals surface area contributed by atoms with Crippen molar-refractivity contribution in [2.75, 3.05) is 36.8 Å². The summed E-state index contributed by atoms with van der Waals surface area (Å²) in [5, 5.41) is 15.0. The molecule has 2 heterocycles. The monoisotopic (exact) mass is 584 g/mol. The van der Waals surface area contributed by atoms with Crippen molar-refractivity contribution in [3.05, 3.63) is 101 Å². The number of aromatic nitrogens is 3. The van der Waals surface area contributed by atoms with Gasteiger partial charge in [0, 0.05) is 49.0 Å². The standard InChI is InChI=1S/C31H33ClN8O2/c1-22(33)39-16-5-17-40(19-18-39)28(41)25-10-14-27(15-11-25)35-30-36-29(34-20-23-8-12-26(32)13-9-23)37-31(38-30)42-21-24-6-3-2-4-7-24/h2-4,6-15,33H,5,16-21H2,1H3,(H2,34,35,36,37,38). The number of carbonyl (C=O) groups is 1.